The highest BCUT2D eigenvalue weighted by atomic mass is 16.3. The zero-order valence-corrected chi connectivity index (χ0v) is 35.0. The average Bonchev–Trinajstić information content (AvgIpc) is 3.86. The highest BCUT2D eigenvalue weighted by Gasteiger charge is 2.26. The van der Waals surface area contributed by atoms with Crippen LogP contribution in [0.15, 0.2) is 191 Å². The van der Waals surface area contributed by atoms with E-state index in [4.69, 9.17) is 8.83 Å². The highest BCUT2D eigenvalue weighted by Crippen LogP contribution is 2.50. The van der Waals surface area contributed by atoms with Crippen molar-refractivity contribution in [1.82, 2.24) is 0 Å². The van der Waals surface area contributed by atoms with E-state index < -0.39 is 0 Å². The van der Waals surface area contributed by atoms with Gasteiger partial charge < -0.3 is 18.6 Å². The minimum Gasteiger partial charge on any atom is -0.454 e. The SMILES string of the molecule is Cc1cc(C)cc(N(c2cc3c4ccccc4c(N(c4cc(C)cc(C)c4)c4cccc5c4oc4ccccc45)cc3c3ccccc23)c2cccc3c2oc2ccccc23)c1. The minimum absolute atomic E-state index is 0.862. The van der Waals surface area contributed by atoms with E-state index in [0.717, 1.165) is 88.8 Å². The van der Waals surface area contributed by atoms with Crippen LogP contribution >= 0.6 is 0 Å². The quantitative estimate of drug-likeness (QED) is 0.157. The lowest BCUT2D eigenvalue weighted by Gasteiger charge is -2.30. The van der Waals surface area contributed by atoms with Gasteiger partial charge >= 0.3 is 0 Å². The molecule has 0 N–H and O–H groups in total. The summed E-state index contributed by atoms with van der Waals surface area (Å²) in [4.78, 5) is 4.83. The van der Waals surface area contributed by atoms with Gasteiger partial charge in [-0.1, -0.05) is 121 Å². The molecule has 12 rings (SSSR count). The van der Waals surface area contributed by atoms with Gasteiger partial charge in [-0.3, -0.25) is 0 Å². The fourth-order valence-corrected chi connectivity index (χ4v) is 10.1. The third-order valence-corrected chi connectivity index (χ3v) is 12.5. The largest absolute Gasteiger partial charge is 0.454 e. The Morgan fingerprint density at radius 3 is 1.02 bits per heavy atom. The summed E-state index contributed by atoms with van der Waals surface area (Å²) in [5.41, 5.74) is 14.6. The Balaban J connectivity index is 1.19. The molecule has 12 aromatic rings. The van der Waals surface area contributed by atoms with E-state index in [2.05, 4.69) is 207 Å². The molecule has 0 saturated heterocycles. The third kappa shape index (κ3) is 5.60. The molecule has 0 fully saturated rings. The summed E-state index contributed by atoms with van der Waals surface area (Å²) in [5, 5.41) is 11.4. The Labute approximate surface area is 359 Å². The summed E-state index contributed by atoms with van der Waals surface area (Å²) in [6, 6.07) is 65.9. The number of hydrogen-bond acceptors (Lipinski definition) is 4. The molecule has 2 heterocycles. The number of benzene rings is 10. The van der Waals surface area contributed by atoms with Gasteiger partial charge in [0.25, 0.3) is 0 Å². The van der Waals surface area contributed by atoms with Crippen molar-refractivity contribution in [2.45, 2.75) is 27.7 Å². The van der Waals surface area contributed by atoms with E-state index in [1.54, 1.807) is 0 Å². The van der Waals surface area contributed by atoms with Gasteiger partial charge in [-0.05, 0) is 132 Å². The molecule has 2 aromatic heterocycles. The van der Waals surface area contributed by atoms with Crippen LogP contribution in [-0.4, -0.2) is 0 Å². The molecule has 4 heteroatoms. The van der Waals surface area contributed by atoms with Gasteiger partial charge in [0, 0.05) is 43.7 Å². The lowest BCUT2D eigenvalue weighted by atomic mass is 9.93. The van der Waals surface area contributed by atoms with Crippen LogP contribution in [0, 0.1) is 27.7 Å². The van der Waals surface area contributed by atoms with Gasteiger partial charge in [-0.25, -0.2) is 0 Å². The number of para-hydroxylation sites is 4. The van der Waals surface area contributed by atoms with Crippen LogP contribution in [0.2, 0.25) is 0 Å². The van der Waals surface area contributed by atoms with Crippen LogP contribution in [-0.2, 0) is 0 Å². The molecule has 0 amide bonds. The molecule has 0 atom stereocenters. The maximum Gasteiger partial charge on any atom is 0.159 e. The summed E-state index contributed by atoms with van der Waals surface area (Å²) in [7, 11) is 0. The molecule has 0 aliphatic heterocycles. The van der Waals surface area contributed by atoms with Gasteiger partial charge in [0.2, 0.25) is 0 Å². The van der Waals surface area contributed by atoms with Crippen molar-refractivity contribution in [3.63, 3.8) is 0 Å². The molecule has 62 heavy (non-hydrogen) atoms. The zero-order valence-electron chi connectivity index (χ0n) is 35.0. The molecule has 0 saturated carbocycles. The molecular weight excluding hydrogens is 757 g/mol. The Bertz CT molecular complexity index is 3490. The third-order valence-electron chi connectivity index (χ3n) is 12.5. The van der Waals surface area contributed by atoms with Gasteiger partial charge in [-0.2, -0.15) is 0 Å². The van der Waals surface area contributed by atoms with Crippen LogP contribution in [0.1, 0.15) is 22.3 Å². The van der Waals surface area contributed by atoms with E-state index >= 15 is 0 Å². The first-order chi connectivity index (χ1) is 30.4. The zero-order chi connectivity index (χ0) is 41.6. The van der Waals surface area contributed by atoms with Gasteiger partial charge in [0.1, 0.15) is 11.2 Å². The van der Waals surface area contributed by atoms with Gasteiger partial charge in [0.05, 0.1) is 22.7 Å². The summed E-state index contributed by atoms with van der Waals surface area (Å²) in [6.45, 7) is 8.71. The van der Waals surface area contributed by atoms with Crippen LogP contribution in [0.5, 0.6) is 0 Å². The maximum atomic E-state index is 6.78. The lowest BCUT2D eigenvalue weighted by Crippen LogP contribution is -2.12. The lowest BCUT2D eigenvalue weighted by molar-refractivity contribution is 0.668. The summed E-state index contributed by atoms with van der Waals surface area (Å²) < 4.78 is 13.6. The minimum atomic E-state index is 0.862. The second-order valence-corrected chi connectivity index (χ2v) is 16.8. The van der Waals surface area contributed by atoms with E-state index in [1.165, 1.54) is 43.8 Å². The maximum absolute atomic E-state index is 6.78. The number of furan rings is 2. The normalized spacial score (nSPS) is 11.9. The molecule has 10 aromatic carbocycles. The van der Waals surface area contributed by atoms with Crippen LogP contribution in [0.4, 0.5) is 34.1 Å². The smallest absolute Gasteiger partial charge is 0.159 e. The number of nitrogens with zero attached hydrogens (tertiary/aromatic N) is 2. The molecule has 296 valence electrons. The molecule has 0 radical (unpaired) electrons. The Kier molecular flexibility index (Phi) is 8.07. The molecule has 4 nitrogen and oxygen atoms in total. The fraction of sp³-hybridized carbons (Fsp3) is 0.0690. The number of rotatable bonds is 6. The van der Waals surface area contributed by atoms with Gasteiger partial charge in [0.15, 0.2) is 11.2 Å². The number of aryl methyl sites for hydroxylation is 4. The van der Waals surface area contributed by atoms with Crippen molar-refractivity contribution >= 4 is 110 Å². The average molecular weight is 799 g/mol. The standard InChI is InChI=1S/C58H42N2O2/c1-35-27-36(2)30-39(29-35)59(51-23-13-21-47-45-19-9-11-25-55(45)61-57(47)51)53-33-49-42-16-6-8-18-44(42)54(34-50(49)41-15-5-7-17-43(41)53)60(40-31-37(3)28-38(4)32-40)52-24-14-22-48-46-20-10-12-26-56(46)62-58(48)52/h5-34H,1-4H3. The van der Waals surface area contributed by atoms with Crippen molar-refractivity contribution in [2.75, 3.05) is 9.80 Å². The molecule has 0 bridgehead atoms. The Morgan fingerprint density at radius 1 is 0.274 bits per heavy atom. The predicted molar refractivity (Wildman–Crippen MR) is 262 cm³/mol. The topological polar surface area (TPSA) is 32.8 Å². The van der Waals surface area contributed by atoms with Crippen LogP contribution in [0.3, 0.4) is 0 Å². The van der Waals surface area contributed by atoms with E-state index in [1.807, 2.05) is 12.1 Å². The fourth-order valence-electron chi connectivity index (χ4n) is 10.1. The Hall–Kier alpha value is -7.82. The molecule has 0 aliphatic rings. The molecule has 0 aliphatic carbocycles. The van der Waals surface area contributed by atoms with Crippen molar-refractivity contribution in [3.05, 3.63) is 204 Å². The van der Waals surface area contributed by atoms with Crippen LogP contribution < -0.4 is 9.80 Å². The van der Waals surface area contributed by atoms with Gasteiger partial charge in [-0.15, -0.1) is 0 Å². The molecule has 0 spiro atoms. The van der Waals surface area contributed by atoms with Crippen molar-refractivity contribution in [3.8, 4) is 0 Å². The number of fused-ring (bicyclic) bond motifs is 11. The summed E-state index contributed by atoms with van der Waals surface area (Å²) in [6.07, 6.45) is 0. The first kappa shape index (κ1) is 36.1. The first-order valence-corrected chi connectivity index (χ1v) is 21.3. The van der Waals surface area contributed by atoms with Crippen molar-refractivity contribution in [2.24, 2.45) is 0 Å². The van der Waals surface area contributed by atoms with E-state index in [-0.39, 0.29) is 0 Å². The molecule has 0 unspecified atom stereocenters. The Morgan fingerprint density at radius 2 is 0.613 bits per heavy atom. The monoisotopic (exact) mass is 798 g/mol. The van der Waals surface area contributed by atoms with E-state index in [0.29, 0.717) is 0 Å². The molecular formula is C58H42N2O2. The number of hydrogen-bond donors (Lipinski definition) is 0. The predicted octanol–water partition coefficient (Wildman–Crippen LogP) is 17.1. The highest BCUT2D eigenvalue weighted by molar-refractivity contribution is 6.25. The van der Waals surface area contributed by atoms with Crippen molar-refractivity contribution < 1.29 is 8.83 Å². The second kappa shape index (κ2) is 13.9. The van der Waals surface area contributed by atoms with Crippen molar-refractivity contribution in [1.29, 1.82) is 0 Å². The number of anilines is 6. The second-order valence-electron chi connectivity index (χ2n) is 16.8. The summed E-state index contributed by atoms with van der Waals surface area (Å²) in [5.74, 6) is 0. The van der Waals surface area contributed by atoms with E-state index in [9.17, 15) is 0 Å². The first-order valence-electron chi connectivity index (χ1n) is 21.3. The van der Waals surface area contributed by atoms with Crippen LogP contribution in [0.25, 0.3) is 76.2 Å². The summed E-state index contributed by atoms with van der Waals surface area (Å²) >= 11 is 0.